The molecule has 14 heavy (non-hydrogen) atoms. The molecule has 0 fully saturated rings. The fourth-order valence-electron chi connectivity index (χ4n) is 1.40. The third-order valence-electron chi connectivity index (χ3n) is 1.96. The molecule has 1 aromatic heterocycles. The molecular weight excluding hydrogens is 218 g/mol. The molecule has 2 N–H and O–H groups in total. The predicted octanol–water partition coefficient (Wildman–Crippen LogP) is 3.54. The molecule has 0 saturated carbocycles. The Labute approximate surface area is 91.2 Å². The summed E-state index contributed by atoms with van der Waals surface area (Å²) in [5.74, 6) is 0.736. The van der Waals surface area contributed by atoms with Gasteiger partial charge in [-0.1, -0.05) is 11.6 Å². The molecule has 0 bridgehead atoms. The largest absolute Gasteiger partial charge is 0.492 e. The van der Waals surface area contributed by atoms with Gasteiger partial charge in [-0.3, -0.25) is 0 Å². The molecule has 4 heteroatoms. The summed E-state index contributed by atoms with van der Waals surface area (Å²) in [6, 6.07) is 3.72. The second-order valence-corrected chi connectivity index (χ2v) is 4.20. The van der Waals surface area contributed by atoms with E-state index in [1.807, 2.05) is 18.4 Å². The lowest BCUT2D eigenvalue weighted by molar-refractivity contribution is 0.344. The Kier molecular flexibility index (Phi) is 2.52. The first-order valence-electron chi connectivity index (χ1n) is 4.32. The Bertz CT molecular complexity index is 466. The number of ether oxygens (including phenoxy) is 1. The van der Waals surface area contributed by atoms with Crippen molar-refractivity contribution in [3.8, 4) is 5.75 Å². The standard InChI is InChI=1S/C10H10ClNOS/c1-2-13-9-6-3-4-14-10(6)8(12)5-7(9)11/h3-5H,2,12H2,1H3. The molecule has 0 aliphatic rings. The molecule has 0 aliphatic carbocycles. The Hall–Kier alpha value is -0.930. The number of thiophene rings is 1. The van der Waals surface area contributed by atoms with Crippen molar-refractivity contribution in [2.24, 2.45) is 0 Å². The highest BCUT2D eigenvalue weighted by Crippen LogP contribution is 2.39. The molecule has 1 aromatic carbocycles. The molecule has 2 aromatic rings. The molecule has 0 radical (unpaired) electrons. The Morgan fingerprint density at radius 1 is 1.57 bits per heavy atom. The summed E-state index contributed by atoms with van der Waals surface area (Å²) < 4.78 is 6.52. The van der Waals surface area contributed by atoms with Crippen LogP contribution in [0.5, 0.6) is 5.75 Å². The van der Waals surface area contributed by atoms with Crippen LogP contribution in [0.25, 0.3) is 10.1 Å². The number of benzene rings is 1. The SMILES string of the molecule is CCOc1c(Cl)cc(N)c2sccc12. The van der Waals surface area contributed by atoms with Crippen LogP contribution < -0.4 is 10.5 Å². The third-order valence-corrected chi connectivity index (χ3v) is 3.20. The van der Waals surface area contributed by atoms with Crippen molar-refractivity contribution >= 4 is 38.7 Å². The smallest absolute Gasteiger partial charge is 0.146 e. The van der Waals surface area contributed by atoms with E-state index < -0.39 is 0 Å². The summed E-state index contributed by atoms with van der Waals surface area (Å²) in [5, 5.41) is 3.57. The lowest BCUT2D eigenvalue weighted by Gasteiger charge is -2.08. The van der Waals surface area contributed by atoms with E-state index in [-0.39, 0.29) is 0 Å². The predicted molar refractivity (Wildman–Crippen MR) is 62.4 cm³/mol. The molecule has 0 unspecified atom stereocenters. The fraction of sp³-hybridized carbons (Fsp3) is 0.200. The van der Waals surface area contributed by atoms with Crippen molar-refractivity contribution in [1.82, 2.24) is 0 Å². The first kappa shape index (κ1) is 9.62. The maximum absolute atomic E-state index is 6.04. The topological polar surface area (TPSA) is 35.2 Å². The van der Waals surface area contributed by atoms with Crippen LogP contribution in [-0.2, 0) is 0 Å². The highest BCUT2D eigenvalue weighted by atomic mass is 35.5. The fourth-order valence-corrected chi connectivity index (χ4v) is 2.50. The van der Waals surface area contributed by atoms with Crippen molar-refractivity contribution in [2.45, 2.75) is 6.92 Å². The van der Waals surface area contributed by atoms with Crippen molar-refractivity contribution in [2.75, 3.05) is 12.3 Å². The van der Waals surface area contributed by atoms with Gasteiger partial charge >= 0.3 is 0 Å². The third kappa shape index (κ3) is 1.42. The van der Waals surface area contributed by atoms with Crippen LogP contribution in [0.2, 0.25) is 5.02 Å². The van der Waals surface area contributed by atoms with Gasteiger partial charge in [0.25, 0.3) is 0 Å². The number of rotatable bonds is 2. The van der Waals surface area contributed by atoms with E-state index in [2.05, 4.69) is 0 Å². The lowest BCUT2D eigenvalue weighted by atomic mass is 10.2. The van der Waals surface area contributed by atoms with Gasteiger partial charge in [-0.2, -0.15) is 0 Å². The number of hydrogen-bond acceptors (Lipinski definition) is 3. The second-order valence-electron chi connectivity index (χ2n) is 2.87. The average molecular weight is 228 g/mol. The van der Waals surface area contributed by atoms with Gasteiger partial charge in [0.05, 0.1) is 22.0 Å². The number of nitrogen functional groups attached to an aromatic ring is 1. The van der Waals surface area contributed by atoms with Crippen molar-refractivity contribution in [1.29, 1.82) is 0 Å². The first-order valence-corrected chi connectivity index (χ1v) is 5.57. The van der Waals surface area contributed by atoms with E-state index in [0.717, 1.165) is 15.8 Å². The minimum Gasteiger partial charge on any atom is -0.492 e. The number of fused-ring (bicyclic) bond motifs is 1. The van der Waals surface area contributed by atoms with Gasteiger partial charge in [0.2, 0.25) is 0 Å². The number of hydrogen-bond donors (Lipinski definition) is 1. The first-order chi connectivity index (χ1) is 6.74. The maximum atomic E-state index is 6.04. The summed E-state index contributed by atoms with van der Waals surface area (Å²) in [7, 11) is 0. The molecule has 1 heterocycles. The molecule has 0 atom stereocenters. The molecule has 0 aliphatic heterocycles. The zero-order chi connectivity index (χ0) is 10.1. The zero-order valence-corrected chi connectivity index (χ0v) is 9.28. The molecule has 0 saturated heterocycles. The van der Waals surface area contributed by atoms with E-state index in [1.165, 1.54) is 0 Å². The van der Waals surface area contributed by atoms with Crippen molar-refractivity contribution in [3.05, 3.63) is 22.5 Å². The van der Waals surface area contributed by atoms with Gasteiger partial charge in [0.1, 0.15) is 5.75 Å². The monoisotopic (exact) mass is 227 g/mol. The van der Waals surface area contributed by atoms with Gasteiger partial charge in [-0.05, 0) is 24.4 Å². The van der Waals surface area contributed by atoms with Crippen LogP contribution >= 0.6 is 22.9 Å². The van der Waals surface area contributed by atoms with Crippen LogP contribution in [-0.4, -0.2) is 6.61 Å². The molecule has 0 amide bonds. The van der Waals surface area contributed by atoms with E-state index in [9.17, 15) is 0 Å². The van der Waals surface area contributed by atoms with E-state index in [1.54, 1.807) is 17.4 Å². The Morgan fingerprint density at radius 2 is 2.36 bits per heavy atom. The van der Waals surface area contributed by atoms with Crippen LogP contribution in [0, 0.1) is 0 Å². The zero-order valence-electron chi connectivity index (χ0n) is 7.71. The van der Waals surface area contributed by atoms with Gasteiger partial charge < -0.3 is 10.5 Å². The molecule has 2 nitrogen and oxygen atoms in total. The van der Waals surface area contributed by atoms with Crippen molar-refractivity contribution < 1.29 is 4.74 Å². The normalized spacial score (nSPS) is 10.7. The molecule has 74 valence electrons. The molecule has 0 spiro atoms. The average Bonchev–Trinajstić information content (AvgIpc) is 2.60. The van der Waals surface area contributed by atoms with Crippen molar-refractivity contribution in [3.63, 3.8) is 0 Å². The molecule has 2 rings (SSSR count). The summed E-state index contributed by atoms with van der Waals surface area (Å²) in [5.41, 5.74) is 6.55. The van der Waals surface area contributed by atoms with E-state index >= 15 is 0 Å². The number of halogens is 1. The minimum atomic E-state index is 0.579. The quantitative estimate of drug-likeness (QED) is 0.797. The molecular formula is C10H10ClNOS. The van der Waals surface area contributed by atoms with Crippen LogP contribution in [0.4, 0.5) is 5.69 Å². The van der Waals surface area contributed by atoms with Gasteiger partial charge in [-0.25, -0.2) is 0 Å². The van der Waals surface area contributed by atoms with E-state index in [0.29, 0.717) is 17.3 Å². The highest BCUT2D eigenvalue weighted by molar-refractivity contribution is 7.17. The highest BCUT2D eigenvalue weighted by Gasteiger charge is 2.10. The lowest BCUT2D eigenvalue weighted by Crippen LogP contribution is -1.94. The van der Waals surface area contributed by atoms with E-state index in [4.69, 9.17) is 22.1 Å². The summed E-state index contributed by atoms with van der Waals surface area (Å²) in [6.07, 6.45) is 0. The van der Waals surface area contributed by atoms with Crippen LogP contribution in [0.1, 0.15) is 6.92 Å². The second kappa shape index (κ2) is 3.67. The van der Waals surface area contributed by atoms with Crippen LogP contribution in [0.3, 0.4) is 0 Å². The number of anilines is 1. The Balaban J connectivity index is 2.73. The summed E-state index contributed by atoms with van der Waals surface area (Å²) >= 11 is 7.64. The van der Waals surface area contributed by atoms with Gasteiger partial charge in [0.15, 0.2) is 0 Å². The Morgan fingerprint density at radius 3 is 3.07 bits per heavy atom. The van der Waals surface area contributed by atoms with Gasteiger partial charge in [-0.15, -0.1) is 11.3 Å². The minimum absolute atomic E-state index is 0.579. The van der Waals surface area contributed by atoms with Gasteiger partial charge in [0, 0.05) is 5.39 Å². The summed E-state index contributed by atoms with van der Waals surface area (Å²) in [4.78, 5) is 0. The summed E-state index contributed by atoms with van der Waals surface area (Å²) in [6.45, 7) is 2.54. The number of nitrogens with two attached hydrogens (primary N) is 1. The maximum Gasteiger partial charge on any atom is 0.146 e. The van der Waals surface area contributed by atoms with Crippen LogP contribution in [0.15, 0.2) is 17.5 Å².